The average Bonchev–Trinajstić information content (AvgIpc) is 3.09. The molecule has 0 spiro atoms. The highest BCUT2D eigenvalue weighted by molar-refractivity contribution is 5.69. The lowest BCUT2D eigenvalue weighted by atomic mass is 10.0. The summed E-state index contributed by atoms with van der Waals surface area (Å²) in [5.41, 5.74) is 6.32. The Morgan fingerprint density at radius 2 is 1.65 bits per heavy atom. The van der Waals surface area contributed by atoms with Crippen molar-refractivity contribution in [1.82, 2.24) is 9.97 Å². The molecular formula is C21H18N2. The van der Waals surface area contributed by atoms with Crippen LogP contribution >= 0.6 is 0 Å². The van der Waals surface area contributed by atoms with Gasteiger partial charge in [0.2, 0.25) is 0 Å². The fourth-order valence-electron chi connectivity index (χ4n) is 2.97. The van der Waals surface area contributed by atoms with Crippen molar-refractivity contribution in [1.29, 1.82) is 0 Å². The Kier molecular flexibility index (Phi) is 3.73. The van der Waals surface area contributed by atoms with E-state index in [9.17, 15) is 0 Å². The molecular weight excluding hydrogens is 280 g/mol. The fourth-order valence-corrected chi connectivity index (χ4v) is 2.97. The maximum Gasteiger partial charge on any atom is 0.128 e. The van der Waals surface area contributed by atoms with E-state index >= 15 is 0 Å². The topological polar surface area (TPSA) is 25.8 Å². The molecule has 2 aromatic carbocycles. The van der Waals surface area contributed by atoms with Crippen LogP contribution in [0, 0.1) is 0 Å². The predicted octanol–water partition coefficient (Wildman–Crippen LogP) is 4.50. The Morgan fingerprint density at radius 3 is 2.48 bits per heavy atom. The Morgan fingerprint density at radius 1 is 0.826 bits per heavy atom. The van der Waals surface area contributed by atoms with Crippen molar-refractivity contribution < 1.29 is 0 Å². The third-order valence-corrected chi connectivity index (χ3v) is 4.30. The van der Waals surface area contributed by atoms with Gasteiger partial charge in [0.25, 0.3) is 0 Å². The minimum absolute atomic E-state index is 0.873. The van der Waals surface area contributed by atoms with Gasteiger partial charge in [-0.15, -0.1) is 0 Å². The first-order valence-electron chi connectivity index (χ1n) is 8.03. The third-order valence-electron chi connectivity index (χ3n) is 4.30. The van der Waals surface area contributed by atoms with Crippen LogP contribution < -0.4 is 0 Å². The molecule has 0 aliphatic heterocycles. The van der Waals surface area contributed by atoms with E-state index in [1.807, 2.05) is 18.5 Å². The van der Waals surface area contributed by atoms with Gasteiger partial charge in [-0.2, -0.15) is 0 Å². The van der Waals surface area contributed by atoms with Gasteiger partial charge in [0.1, 0.15) is 5.82 Å². The Balaban J connectivity index is 1.48. The number of benzene rings is 2. The molecule has 0 radical (unpaired) electrons. The molecule has 1 aliphatic carbocycles. The summed E-state index contributed by atoms with van der Waals surface area (Å²) in [6.45, 7) is 0. The standard InChI is InChI=1S/C21H18N2/c1-2-5-16(6-3-1)9-12-21-22-14-20(15-23-21)19-11-10-17-7-4-8-18(17)13-19/h1-7,10-11,13-15H,8-9,12H2. The SMILES string of the molecule is C1=Cc2ccc(-c3cnc(CCc4ccccc4)nc3)cc2C1. The number of fused-ring (bicyclic) bond motifs is 1. The first kappa shape index (κ1) is 13.9. The van der Waals surface area contributed by atoms with E-state index in [0.717, 1.165) is 30.7 Å². The summed E-state index contributed by atoms with van der Waals surface area (Å²) in [7, 11) is 0. The van der Waals surface area contributed by atoms with Gasteiger partial charge in [0, 0.05) is 24.4 Å². The van der Waals surface area contributed by atoms with Gasteiger partial charge in [0.05, 0.1) is 0 Å². The molecule has 4 rings (SSSR count). The minimum Gasteiger partial charge on any atom is -0.241 e. The molecule has 0 amide bonds. The van der Waals surface area contributed by atoms with Crippen LogP contribution in [0.15, 0.2) is 67.0 Å². The van der Waals surface area contributed by atoms with Gasteiger partial charge < -0.3 is 0 Å². The quantitative estimate of drug-likeness (QED) is 0.709. The molecule has 0 N–H and O–H groups in total. The number of hydrogen-bond donors (Lipinski definition) is 0. The van der Waals surface area contributed by atoms with E-state index in [1.54, 1.807) is 0 Å². The summed E-state index contributed by atoms with van der Waals surface area (Å²) >= 11 is 0. The molecule has 1 aliphatic rings. The molecule has 1 aromatic heterocycles. The van der Waals surface area contributed by atoms with Gasteiger partial charge in [-0.05, 0) is 35.1 Å². The van der Waals surface area contributed by atoms with E-state index in [2.05, 4.69) is 64.6 Å². The summed E-state index contributed by atoms with van der Waals surface area (Å²) in [4.78, 5) is 9.07. The largest absolute Gasteiger partial charge is 0.241 e. The van der Waals surface area contributed by atoms with Crippen molar-refractivity contribution in [3.63, 3.8) is 0 Å². The Hall–Kier alpha value is -2.74. The molecule has 112 valence electrons. The number of allylic oxidation sites excluding steroid dienone is 1. The van der Waals surface area contributed by atoms with Crippen LogP contribution in [-0.2, 0) is 19.3 Å². The number of aryl methyl sites for hydroxylation is 2. The van der Waals surface area contributed by atoms with Crippen molar-refractivity contribution in [2.75, 3.05) is 0 Å². The van der Waals surface area contributed by atoms with Crippen molar-refractivity contribution in [2.45, 2.75) is 19.3 Å². The van der Waals surface area contributed by atoms with E-state index in [-0.39, 0.29) is 0 Å². The molecule has 0 unspecified atom stereocenters. The summed E-state index contributed by atoms with van der Waals surface area (Å²) in [5.74, 6) is 0.903. The van der Waals surface area contributed by atoms with E-state index in [0.29, 0.717) is 0 Å². The van der Waals surface area contributed by atoms with Crippen LogP contribution in [0.2, 0.25) is 0 Å². The second kappa shape index (κ2) is 6.17. The number of nitrogens with zero attached hydrogens (tertiary/aromatic N) is 2. The van der Waals surface area contributed by atoms with E-state index in [1.165, 1.54) is 22.3 Å². The number of aromatic nitrogens is 2. The van der Waals surface area contributed by atoms with Gasteiger partial charge >= 0.3 is 0 Å². The molecule has 1 heterocycles. The monoisotopic (exact) mass is 298 g/mol. The summed E-state index contributed by atoms with van der Waals surface area (Å²) < 4.78 is 0. The molecule has 23 heavy (non-hydrogen) atoms. The molecule has 0 saturated heterocycles. The lowest BCUT2D eigenvalue weighted by molar-refractivity contribution is 0.859. The zero-order valence-electron chi connectivity index (χ0n) is 12.9. The molecule has 0 fully saturated rings. The van der Waals surface area contributed by atoms with Gasteiger partial charge in [-0.1, -0.05) is 60.7 Å². The molecule has 0 saturated carbocycles. The summed E-state index contributed by atoms with van der Waals surface area (Å²) in [5, 5.41) is 0. The smallest absolute Gasteiger partial charge is 0.128 e. The van der Waals surface area contributed by atoms with Gasteiger partial charge in [-0.25, -0.2) is 9.97 Å². The van der Waals surface area contributed by atoms with E-state index in [4.69, 9.17) is 0 Å². The number of hydrogen-bond acceptors (Lipinski definition) is 2. The van der Waals surface area contributed by atoms with Crippen LogP contribution in [0.4, 0.5) is 0 Å². The van der Waals surface area contributed by atoms with Crippen molar-refractivity contribution in [2.24, 2.45) is 0 Å². The third kappa shape index (κ3) is 3.07. The second-order valence-electron chi connectivity index (χ2n) is 5.89. The molecule has 2 heteroatoms. The maximum absolute atomic E-state index is 4.54. The normalized spacial score (nSPS) is 12.3. The van der Waals surface area contributed by atoms with Crippen molar-refractivity contribution in [3.8, 4) is 11.1 Å². The fraction of sp³-hybridized carbons (Fsp3) is 0.143. The second-order valence-corrected chi connectivity index (χ2v) is 5.89. The maximum atomic E-state index is 4.54. The molecule has 0 bridgehead atoms. The highest BCUT2D eigenvalue weighted by Gasteiger charge is 2.07. The average molecular weight is 298 g/mol. The predicted molar refractivity (Wildman–Crippen MR) is 94.1 cm³/mol. The lowest BCUT2D eigenvalue weighted by Crippen LogP contribution is -1.98. The van der Waals surface area contributed by atoms with Crippen LogP contribution in [0.1, 0.15) is 22.5 Å². The van der Waals surface area contributed by atoms with E-state index < -0.39 is 0 Å². The summed E-state index contributed by atoms with van der Waals surface area (Å²) in [6, 6.07) is 17.1. The highest BCUT2D eigenvalue weighted by atomic mass is 14.9. The lowest BCUT2D eigenvalue weighted by Gasteiger charge is -2.06. The Labute approximate surface area is 136 Å². The van der Waals surface area contributed by atoms with Gasteiger partial charge in [-0.3, -0.25) is 0 Å². The minimum atomic E-state index is 0.873. The van der Waals surface area contributed by atoms with Crippen LogP contribution in [0.25, 0.3) is 17.2 Å². The van der Waals surface area contributed by atoms with Crippen molar-refractivity contribution in [3.05, 3.63) is 89.5 Å². The Bertz CT molecular complexity index is 833. The first-order chi connectivity index (χ1) is 11.4. The highest BCUT2D eigenvalue weighted by Crippen LogP contribution is 2.26. The van der Waals surface area contributed by atoms with Crippen LogP contribution in [0.5, 0.6) is 0 Å². The zero-order chi connectivity index (χ0) is 15.5. The first-order valence-corrected chi connectivity index (χ1v) is 8.03. The number of rotatable bonds is 4. The molecule has 3 aromatic rings. The molecule has 2 nitrogen and oxygen atoms in total. The molecule has 0 atom stereocenters. The van der Waals surface area contributed by atoms with Crippen LogP contribution in [0.3, 0.4) is 0 Å². The van der Waals surface area contributed by atoms with Crippen molar-refractivity contribution >= 4 is 6.08 Å². The van der Waals surface area contributed by atoms with Gasteiger partial charge in [0.15, 0.2) is 0 Å². The summed E-state index contributed by atoms with van der Waals surface area (Å²) in [6.07, 6.45) is 11.1. The zero-order valence-corrected chi connectivity index (χ0v) is 12.9. The van der Waals surface area contributed by atoms with Crippen LogP contribution in [-0.4, -0.2) is 9.97 Å².